The molecule has 4 aliphatic carbocycles. The van der Waals surface area contributed by atoms with Gasteiger partial charge in [-0.3, -0.25) is 4.79 Å². The van der Waals surface area contributed by atoms with Crippen molar-refractivity contribution in [1.82, 2.24) is 4.90 Å². The molecule has 34 heavy (non-hydrogen) atoms. The Morgan fingerprint density at radius 1 is 0.941 bits per heavy atom. The zero-order valence-corrected chi connectivity index (χ0v) is 21.4. The van der Waals surface area contributed by atoms with Crippen LogP contribution < -0.4 is 5.73 Å². The van der Waals surface area contributed by atoms with Crippen molar-refractivity contribution >= 4 is 17.7 Å². The summed E-state index contributed by atoms with van der Waals surface area (Å²) in [5.41, 5.74) is 7.83. The number of amides is 1. The molecule has 1 amide bonds. The van der Waals surface area contributed by atoms with Crippen LogP contribution in [-0.4, -0.2) is 35.2 Å². The van der Waals surface area contributed by atoms with E-state index in [-0.39, 0.29) is 22.3 Å². The second-order valence-electron chi connectivity index (χ2n) is 12.4. The fourth-order valence-corrected chi connectivity index (χ4v) is 9.61. The largest absolute Gasteiger partial charge is 0.342 e. The third-order valence-corrected chi connectivity index (χ3v) is 11.3. The van der Waals surface area contributed by atoms with Crippen LogP contribution in [0.4, 0.5) is 0 Å². The maximum Gasteiger partial charge on any atom is 0.228 e. The van der Waals surface area contributed by atoms with Crippen LogP contribution in [0.2, 0.25) is 0 Å². The van der Waals surface area contributed by atoms with Gasteiger partial charge in [0.1, 0.15) is 0 Å². The molecule has 3 atom stereocenters. The number of thioether (sulfide) groups is 1. The van der Waals surface area contributed by atoms with Crippen LogP contribution in [0.25, 0.3) is 0 Å². The van der Waals surface area contributed by atoms with Crippen LogP contribution >= 0.6 is 11.8 Å². The molecule has 7 rings (SSSR count). The summed E-state index contributed by atoms with van der Waals surface area (Å²) in [5.74, 6) is 1.62. The van der Waals surface area contributed by atoms with Crippen molar-refractivity contribution in [1.29, 1.82) is 0 Å². The molecule has 5 aliphatic rings. The van der Waals surface area contributed by atoms with Gasteiger partial charge in [-0.25, -0.2) is 0 Å². The highest BCUT2D eigenvalue weighted by atomic mass is 32.2. The summed E-state index contributed by atoms with van der Waals surface area (Å²) in [5, 5.41) is 0.617. The lowest BCUT2D eigenvalue weighted by Gasteiger charge is -2.65. The van der Waals surface area contributed by atoms with Crippen molar-refractivity contribution in [3.8, 4) is 0 Å². The van der Waals surface area contributed by atoms with Crippen LogP contribution in [0, 0.1) is 22.7 Å². The lowest BCUT2D eigenvalue weighted by molar-refractivity contribution is -0.162. The topological polar surface area (TPSA) is 46.3 Å². The van der Waals surface area contributed by atoms with Crippen LogP contribution in [0.1, 0.15) is 57.9 Å². The molecule has 0 aromatic heterocycles. The molecular weight excluding hydrogens is 436 g/mol. The summed E-state index contributed by atoms with van der Waals surface area (Å²) < 4.78 is 0. The van der Waals surface area contributed by atoms with Crippen LogP contribution in [0.5, 0.6) is 0 Å². The molecule has 0 radical (unpaired) electrons. The number of carbonyl (C=O) groups excluding carboxylic acids is 1. The van der Waals surface area contributed by atoms with E-state index in [4.69, 9.17) is 5.73 Å². The molecule has 1 saturated heterocycles. The van der Waals surface area contributed by atoms with Gasteiger partial charge in [-0.05, 0) is 78.9 Å². The van der Waals surface area contributed by atoms with Crippen molar-refractivity contribution in [3.05, 3.63) is 66.2 Å². The number of piperidine rings is 1. The van der Waals surface area contributed by atoms with E-state index in [1.807, 2.05) is 0 Å². The Bertz CT molecular complexity index is 1040. The number of likely N-dealkylation sites (tertiary alicyclic amines) is 1. The second kappa shape index (κ2) is 8.13. The Morgan fingerprint density at radius 3 is 2.18 bits per heavy atom. The Kier molecular flexibility index (Phi) is 5.42. The van der Waals surface area contributed by atoms with Crippen molar-refractivity contribution in [2.45, 2.75) is 74.0 Å². The highest BCUT2D eigenvalue weighted by molar-refractivity contribution is 8.00. The summed E-state index contributed by atoms with van der Waals surface area (Å²) in [6.07, 6.45) is 6.52. The Balaban J connectivity index is 1.34. The molecule has 3 nitrogen and oxygen atoms in total. The normalized spacial score (nSPS) is 38.1. The molecule has 1 aliphatic heterocycles. The molecule has 2 N–H and O–H groups in total. The molecule has 2 aromatic carbocycles. The van der Waals surface area contributed by atoms with Crippen molar-refractivity contribution in [2.24, 2.45) is 28.4 Å². The van der Waals surface area contributed by atoms with Crippen LogP contribution in [0.3, 0.4) is 0 Å². The molecule has 180 valence electrons. The molecule has 5 fully saturated rings. The predicted octanol–water partition coefficient (Wildman–Crippen LogP) is 5.88. The standard InChI is InChI=1S/C30H38N2OS/c1-28(2)20-32(14-13-25(28)31)27(33)30-17-21-15-29(19-30,23-9-5-3-6-10-23)16-22(18-30)26(21)34-24-11-7-4-8-12-24/h3-12,21-22,25-26H,13-20,31H2,1-2H3/t21?,22?,25-,26?,29?,30?/m0/s1. The molecule has 2 unspecified atom stereocenters. The summed E-state index contributed by atoms with van der Waals surface area (Å²) >= 11 is 2.08. The number of rotatable bonds is 4. The summed E-state index contributed by atoms with van der Waals surface area (Å²) in [4.78, 5) is 17.9. The van der Waals surface area contributed by atoms with Crippen molar-refractivity contribution < 1.29 is 4.79 Å². The van der Waals surface area contributed by atoms with E-state index >= 15 is 0 Å². The Labute approximate surface area is 208 Å². The van der Waals surface area contributed by atoms with Gasteiger partial charge in [-0.1, -0.05) is 62.4 Å². The number of hydrogen-bond acceptors (Lipinski definition) is 3. The van der Waals surface area contributed by atoms with Gasteiger partial charge >= 0.3 is 0 Å². The van der Waals surface area contributed by atoms with Gasteiger partial charge in [0.05, 0.1) is 5.41 Å². The monoisotopic (exact) mass is 474 g/mol. The highest BCUT2D eigenvalue weighted by Gasteiger charge is 2.65. The van der Waals surface area contributed by atoms with Crippen LogP contribution in [-0.2, 0) is 10.2 Å². The van der Waals surface area contributed by atoms with Gasteiger partial charge in [0.15, 0.2) is 0 Å². The maximum absolute atomic E-state index is 14.4. The van der Waals surface area contributed by atoms with Crippen molar-refractivity contribution in [2.75, 3.05) is 13.1 Å². The summed E-state index contributed by atoms with van der Waals surface area (Å²) in [6.45, 7) is 6.08. The summed E-state index contributed by atoms with van der Waals surface area (Å²) in [7, 11) is 0. The van der Waals surface area contributed by atoms with Gasteiger partial charge in [0, 0.05) is 29.3 Å². The molecule has 4 saturated carbocycles. The third-order valence-electron chi connectivity index (χ3n) is 9.67. The highest BCUT2D eigenvalue weighted by Crippen LogP contribution is 2.68. The Morgan fingerprint density at radius 2 is 1.56 bits per heavy atom. The second-order valence-corrected chi connectivity index (χ2v) is 13.7. The van der Waals surface area contributed by atoms with Crippen molar-refractivity contribution in [3.63, 3.8) is 0 Å². The third kappa shape index (κ3) is 3.64. The molecule has 2 aromatic rings. The first-order valence-electron chi connectivity index (χ1n) is 13.1. The fraction of sp³-hybridized carbons (Fsp3) is 0.567. The average molecular weight is 475 g/mol. The van der Waals surface area contributed by atoms with Gasteiger partial charge in [-0.15, -0.1) is 11.8 Å². The SMILES string of the molecule is CC1(C)CN(C(=O)C23CC4CC(c5ccccc5)(CC(C2)C4Sc2ccccc2)C3)CC[C@@H]1N. The predicted molar refractivity (Wildman–Crippen MR) is 140 cm³/mol. The minimum Gasteiger partial charge on any atom is -0.342 e. The lowest BCUT2D eigenvalue weighted by atomic mass is 9.42. The quantitative estimate of drug-likeness (QED) is 0.602. The number of carbonyl (C=O) groups is 1. The van der Waals surface area contributed by atoms with Gasteiger partial charge in [0.25, 0.3) is 0 Å². The number of nitrogens with zero attached hydrogens (tertiary/aromatic N) is 1. The number of hydrogen-bond donors (Lipinski definition) is 1. The number of benzene rings is 2. The number of nitrogens with two attached hydrogens (primary N) is 1. The van der Waals surface area contributed by atoms with E-state index in [1.54, 1.807) is 0 Å². The minimum atomic E-state index is -0.201. The maximum atomic E-state index is 14.4. The van der Waals surface area contributed by atoms with E-state index in [2.05, 4.69) is 91.2 Å². The minimum absolute atomic E-state index is 0.0149. The molecule has 4 bridgehead atoms. The first kappa shape index (κ1) is 22.7. The smallest absolute Gasteiger partial charge is 0.228 e. The summed E-state index contributed by atoms with van der Waals surface area (Å²) in [6, 6.07) is 22.2. The van der Waals surface area contributed by atoms with Crippen LogP contribution in [0.15, 0.2) is 65.6 Å². The van der Waals surface area contributed by atoms with E-state index in [0.717, 1.165) is 38.8 Å². The van der Waals surface area contributed by atoms with E-state index in [9.17, 15) is 4.79 Å². The zero-order valence-electron chi connectivity index (χ0n) is 20.6. The molecule has 1 heterocycles. The fourth-order valence-electron chi connectivity index (χ4n) is 8.22. The van der Waals surface area contributed by atoms with E-state index in [1.165, 1.54) is 23.3 Å². The zero-order chi connectivity index (χ0) is 23.6. The molecule has 0 spiro atoms. The van der Waals surface area contributed by atoms with Gasteiger partial charge < -0.3 is 10.6 Å². The first-order valence-corrected chi connectivity index (χ1v) is 14.0. The lowest BCUT2D eigenvalue weighted by Crippen LogP contribution is -2.65. The van der Waals surface area contributed by atoms with Gasteiger partial charge in [0.2, 0.25) is 5.91 Å². The molecular formula is C30H38N2OS. The van der Waals surface area contributed by atoms with Gasteiger partial charge in [-0.2, -0.15) is 0 Å². The molecule has 4 heteroatoms. The first-order chi connectivity index (χ1) is 16.3. The average Bonchev–Trinajstić information content (AvgIpc) is 2.83. The Hall–Kier alpha value is -1.78. The van der Waals surface area contributed by atoms with E-state index in [0.29, 0.717) is 23.0 Å². The van der Waals surface area contributed by atoms with E-state index < -0.39 is 0 Å².